The van der Waals surface area contributed by atoms with Gasteiger partial charge >= 0.3 is 0 Å². The van der Waals surface area contributed by atoms with Crippen LogP contribution in [0.4, 0.5) is 0 Å². The van der Waals surface area contributed by atoms with Gasteiger partial charge in [-0.05, 0) is 67.1 Å². The van der Waals surface area contributed by atoms with Crippen molar-refractivity contribution in [1.29, 1.82) is 0 Å². The summed E-state index contributed by atoms with van der Waals surface area (Å²) in [6.07, 6.45) is 8.44. The standard InChI is InChI=1S/C16H26B2/c1-15(2,3)16(17,18)9-14-12-5-10-4-11(7-12)8-13(14)6-10/h10-14H,4-9H2,1-3H3. The first kappa shape index (κ1) is 13.1. The molecule has 4 bridgehead atoms. The highest BCUT2D eigenvalue weighted by atomic mass is 14.5. The van der Waals surface area contributed by atoms with E-state index in [1.807, 2.05) is 0 Å². The molecule has 0 aromatic carbocycles. The molecule has 0 saturated heterocycles. The number of hydrogen-bond acceptors (Lipinski definition) is 0. The van der Waals surface area contributed by atoms with E-state index >= 15 is 0 Å². The topological polar surface area (TPSA) is 0 Å². The Bertz CT molecular complexity index is 298. The zero-order valence-corrected chi connectivity index (χ0v) is 12.3. The molecule has 0 aliphatic heterocycles. The van der Waals surface area contributed by atoms with E-state index in [-0.39, 0.29) is 5.41 Å². The second-order valence-electron chi connectivity index (χ2n) is 8.59. The molecule has 18 heavy (non-hydrogen) atoms. The quantitative estimate of drug-likeness (QED) is 0.641. The van der Waals surface area contributed by atoms with Gasteiger partial charge in [-0.2, -0.15) is 0 Å². The van der Waals surface area contributed by atoms with Crippen LogP contribution in [0.1, 0.15) is 59.3 Å². The average molecular weight is 240 g/mol. The van der Waals surface area contributed by atoms with Gasteiger partial charge in [0.1, 0.15) is 0 Å². The van der Waals surface area contributed by atoms with E-state index in [0.29, 0.717) is 0 Å². The van der Waals surface area contributed by atoms with Crippen molar-refractivity contribution >= 4 is 15.7 Å². The molecule has 4 aliphatic rings. The molecule has 0 N–H and O–H groups in total. The van der Waals surface area contributed by atoms with Crippen molar-refractivity contribution in [3.63, 3.8) is 0 Å². The zero-order chi connectivity index (χ0) is 13.1. The molecule has 0 atom stereocenters. The first-order valence-electron chi connectivity index (χ1n) is 7.84. The highest BCUT2D eigenvalue weighted by Gasteiger charge is 2.49. The van der Waals surface area contributed by atoms with E-state index in [1.165, 1.54) is 32.1 Å². The van der Waals surface area contributed by atoms with Crippen LogP contribution in [0.15, 0.2) is 0 Å². The maximum absolute atomic E-state index is 6.45. The molecule has 0 aromatic rings. The molecular weight excluding hydrogens is 214 g/mol. The second kappa shape index (κ2) is 4.06. The van der Waals surface area contributed by atoms with Crippen LogP contribution in [-0.2, 0) is 0 Å². The van der Waals surface area contributed by atoms with Gasteiger partial charge in [0.05, 0.1) is 15.7 Å². The Morgan fingerprint density at radius 2 is 1.28 bits per heavy atom. The van der Waals surface area contributed by atoms with Crippen LogP contribution in [0.3, 0.4) is 0 Å². The summed E-state index contributed by atoms with van der Waals surface area (Å²) in [7, 11) is 12.9. The van der Waals surface area contributed by atoms with Crippen molar-refractivity contribution in [3.8, 4) is 0 Å². The highest BCUT2D eigenvalue weighted by Crippen LogP contribution is 2.60. The summed E-state index contributed by atoms with van der Waals surface area (Å²) in [6.45, 7) is 6.55. The molecule has 4 aliphatic carbocycles. The molecule has 0 amide bonds. The fraction of sp³-hybridized carbons (Fsp3) is 1.00. The summed E-state index contributed by atoms with van der Waals surface area (Å²) in [5, 5.41) is -0.507. The maximum Gasteiger partial charge on any atom is 0.0627 e. The van der Waals surface area contributed by atoms with Gasteiger partial charge in [-0.15, -0.1) is 0 Å². The molecule has 2 heteroatoms. The molecule has 0 heterocycles. The minimum atomic E-state index is -0.507. The molecule has 0 unspecified atom stereocenters. The summed E-state index contributed by atoms with van der Waals surface area (Å²) < 4.78 is 0. The Morgan fingerprint density at radius 3 is 1.67 bits per heavy atom. The summed E-state index contributed by atoms with van der Waals surface area (Å²) in [5.41, 5.74) is 0.00165. The summed E-state index contributed by atoms with van der Waals surface area (Å²) in [6, 6.07) is 0. The Morgan fingerprint density at radius 1 is 0.833 bits per heavy atom. The van der Waals surface area contributed by atoms with Crippen LogP contribution < -0.4 is 0 Å². The Kier molecular flexibility index (Phi) is 2.96. The summed E-state index contributed by atoms with van der Waals surface area (Å²) in [4.78, 5) is 0. The average Bonchev–Trinajstić information content (AvgIpc) is 2.20. The van der Waals surface area contributed by atoms with E-state index in [9.17, 15) is 0 Å². The second-order valence-corrected chi connectivity index (χ2v) is 8.59. The van der Waals surface area contributed by atoms with Crippen LogP contribution >= 0.6 is 0 Å². The van der Waals surface area contributed by atoms with Gasteiger partial charge in [0.25, 0.3) is 0 Å². The van der Waals surface area contributed by atoms with Gasteiger partial charge in [0, 0.05) is 0 Å². The summed E-state index contributed by atoms with van der Waals surface area (Å²) >= 11 is 0. The van der Waals surface area contributed by atoms with E-state index in [0.717, 1.165) is 36.0 Å². The largest absolute Gasteiger partial charge is 0.0940 e. The lowest BCUT2D eigenvalue weighted by Gasteiger charge is -2.57. The van der Waals surface area contributed by atoms with Crippen LogP contribution in [0.2, 0.25) is 5.21 Å². The Balaban J connectivity index is 1.74. The molecule has 0 aromatic heterocycles. The fourth-order valence-corrected chi connectivity index (χ4v) is 5.07. The number of rotatable bonds is 2. The van der Waals surface area contributed by atoms with Gasteiger partial charge in [0.15, 0.2) is 0 Å². The van der Waals surface area contributed by atoms with Crippen molar-refractivity contribution in [2.45, 2.75) is 64.5 Å². The lowest BCUT2D eigenvalue weighted by atomic mass is 9.38. The fourth-order valence-electron chi connectivity index (χ4n) is 5.07. The molecule has 0 nitrogen and oxygen atoms in total. The molecule has 4 fully saturated rings. The van der Waals surface area contributed by atoms with E-state index < -0.39 is 5.21 Å². The Hall–Kier alpha value is 0.130. The van der Waals surface area contributed by atoms with Gasteiger partial charge < -0.3 is 0 Å². The molecule has 0 spiro atoms. The maximum atomic E-state index is 6.45. The minimum absolute atomic E-state index is 0.00165. The van der Waals surface area contributed by atoms with Gasteiger partial charge in [-0.25, -0.2) is 0 Å². The molecule has 4 rings (SSSR count). The molecule has 4 saturated carbocycles. The number of hydrogen-bond donors (Lipinski definition) is 0. The van der Waals surface area contributed by atoms with Gasteiger partial charge in [-0.1, -0.05) is 32.4 Å². The SMILES string of the molecule is [B]C([B])(CC1C2CC3CC(C2)CC1C3)C(C)(C)C. The van der Waals surface area contributed by atoms with Crippen LogP contribution in [0.5, 0.6) is 0 Å². The van der Waals surface area contributed by atoms with Gasteiger partial charge in [0.2, 0.25) is 0 Å². The van der Waals surface area contributed by atoms with E-state index in [2.05, 4.69) is 20.8 Å². The van der Waals surface area contributed by atoms with Crippen LogP contribution in [0, 0.1) is 35.0 Å². The van der Waals surface area contributed by atoms with Crippen molar-refractivity contribution in [1.82, 2.24) is 0 Å². The van der Waals surface area contributed by atoms with Crippen molar-refractivity contribution in [2.75, 3.05) is 0 Å². The first-order chi connectivity index (χ1) is 8.26. The van der Waals surface area contributed by atoms with Gasteiger partial charge in [-0.3, -0.25) is 0 Å². The predicted molar refractivity (Wildman–Crippen MR) is 78.8 cm³/mol. The van der Waals surface area contributed by atoms with E-state index in [1.54, 1.807) is 0 Å². The van der Waals surface area contributed by atoms with Crippen LogP contribution in [0.25, 0.3) is 0 Å². The summed E-state index contributed by atoms with van der Waals surface area (Å²) in [5.74, 6) is 4.78. The third-order valence-corrected chi connectivity index (χ3v) is 6.39. The predicted octanol–water partition coefficient (Wildman–Crippen LogP) is 3.95. The first-order valence-corrected chi connectivity index (χ1v) is 7.84. The minimum Gasteiger partial charge on any atom is -0.0940 e. The lowest BCUT2D eigenvalue weighted by molar-refractivity contribution is -0.0449. The monoisotopic (exact) mass is 240 g/mol. The zero-order valence-electron chi connectivity index (χ0n) is 12.3. The Labute approximate surface area is 115 Å². The smallest absolute Gasteiger partial charge is 0.0627 e. The third-order valence-electron chi connectivity index (χ3n) is 6.39. The van der Waals surface area contributed by atoms with Crippen LogP contribution in [-0.4, -0.2) is 15.7 Å². The molecule has 96 valence electrons. The highest BCUT2D eigenvalue weighted by molar-refractivity contribution is 6.40. The molecular formula is C16H26B2. The van der Waals surface area contributed by atoms with Crippen molar-refractivity contribution in [3.05, 3.63) is 0 Å². The van der Waals surface area contributed by atoms with Crippen molar-refractivity contribution in [2.24, 2.45) is 35.0 Å². The van der Waals surface area contributed by atoms with E-state index in [4.69, 9.17) is 15.7 Å². The lowest BCUT2D eigenvalue weighted by Crippen LogP contribution is -2.47. The normalized spacial score (nSPS) is 43.4. The molecule has 4 radical (unpaired) electrons. The van der Waals surface area contributed by atoms with Crippen molar-refractivity contribution < 1.29 is 0 Å². The third kappa shape index (κ3) is 2.08.